The van der Waals surface area contributed by atoms with Gasteiger partial charge in [-0.2, -0.15) is 0 Å². The monoisotopic (exact) mass is 1680 g/mol. The van der Waals surface area contributed by atoms with E-state index in [1.165, 1.54) is 384 Å². The fourth-order valence-corrected chi connectivity index (χ4v) is 33.9. The van der Waals surface area contributed by atoms with Gasteiger partial charge in [0.1, 0.15) is 0 Å². The maximum atomic E-state index is 2.57. The van der Waals surface area contributed by atoms with E-state index >= 15 is 0 Å². The molecule has 0 bridgehead atoms. The third kappa shape index (κ3) is 6.65. The number of rotatable bonds is 0. The average Bonchev–Trinajstić information content (AvgIpc) is 1.30. The topological polar surface area (TPSA) is 0 Å². The molecule has 32 aromatic carbocycles. The molecule has 6 aromatic heterocycles. The first-order valence-corrected chi connectivity index (χ1v) is 49.0. The van der Waals surface area contributed by atoms with E-state index < -0.39 is 0 Å². The van der Waals surface area contributed by atoms with Gasteiger partial charge in [0, 0.05) is 222 Å². The highest BCUT2D eigenvalue weighted by atomic mass is 32.1. The minimum Gasteiger partial charge on any atom is -0.142 e. The van der Waals surface area contributed by atoms with Crippen molar-refractivity contribution >= 4 is 452 Å². The van der Waals surface area contributed by atoms with Crippen molar-refractivity contribution in [2.24, 2.45) is 0 Å². The fourth-order valence-electron chi connectivity index (χ4n) is 27.3. The molecule has 0 unspecified atom stereocenters. The van der Waals surface area contributed by atoms with Crippen molar-refractivity contribution in [3.63, 3.8) is 0 Å². The van der Waals surface area contributed by atoms with Crippen LogP contribution < -0.4 is 0 Å². The van der Waals surface area contributed by atoms with E-state index in [0.717, 1.165) is 0 Å². The van der Waals surface area contributed by atoms with Gasteiger partial charge in [0.05, 0.1) is 0 Å². The van der Waals surface area contributed by atoms with Crippen molar-refractivity contribution < 1.29 is 0 Å². The largest absolute Gasteiger partial charge is 0.142 e. The summed E-state index contributed by atoms with van der Waals surface area (Å²) in [6.07, 6.45) is 0. The Morgan fingerprint density at radius 1 is 0.0952 bits per heavy atom. The van der Waals surface area contributed by atoms with Crippen LogP contribution in [-0.4, -0.2) is 0 Å². The molecule has 0 aliphatic carbocycles. The first-order valence-electron chi connectivity index (χ1n) is 43.7. The van der Waals surface area contributed by atoms with Gasteiger partial charge < -0.3 is 0 Å². The molecule has 0 saturated carbocycles. The van der Waals surface area contributed by atoms with E-state index in [-0.39, 0.29) is 0 Å². The fraction of sp³-hybridized carbons (Fsp3) is 0. The second-order valence-electron chi connectivity index (χ2n) is 37.2. The number of thiophene rings is 6. The van der Waals surface area contributed by atoms with Crippen molar-refractivity contribution in [2.75, 3.05) is 0 Å². The van der Waals surface area contributed by atoms with Crippen molar-refractivity contribution in [2.45, 2.75) is 0 Å². The summed E-state index contributed by atoms with van der Waals surface area (Å²) >= 11 is 11.8. The normalized spacial score (nSPS) is 13.7. The molecule has 38 aromatic rings. The van der Waals surface area contributed by atoms with Gasteiger partial charge in [-0.05, 0) is 303 Å². The molecule has 0 fully saturated rings. The summed E-state index contributed by atoms with van der Waals surface area (Å²) in [6.45, 7) is 0. The Morgan fingerprint density at radius 2 is 0.246 bits per heavy atom. The van der Waals surface area contributed by atoms with Gasteiger partial charge in [0.25, 0.3) is 0 Å². The van der Waals surface area contributed by atoms with Crippen molar-refractivity contribution in [1.29, 1.82) is 0 Å². The Labute approximate surface area is 732 Å². The second kappa shape index (κ2) is 20.4. The molecule has 0 radical (unpaired) electrons. The van der Waals surface area contributed by atoms with Gasteiger partial charge >= 0.3 is 0 Å². The Morgan fingerprint density at radius 3 is 0.476 bits per heavy atom. The molecule has 0 saturated heterocycles. The lowest BCUT2D eigenvalue weighted by molar-refractivity contribution is 1.80. The lowest BCUT2D eigenvalue weighted by Gasteiger charge is -2.27. The molecular weight excluding hydrogens is 1630 g/mol. The first kappa shape index (κ1) is 62.8. The number of hydrogen-bond acceptors (Lipinski definition) is 6. The summed E-state index contributed by atoms with van der Waals surface area (Å²) < 4.78 is 8.59. The van der Waals surface area contributed by atoms with Gasteiger partial charge in [0.2, 0.25) is 0 Å². The van der Waals surface area contributed by atoms with E-state index in [1.807, 2.05) is 68.0 Å². The molecule has 0 atom stereocenters. The lowest BCUT2D eigenvalue weighted by atomic mass is 9.75. The molecule has 0 spiro atoms. The van der Waals surface area contributed by atoms with Crippen LogP contribution in [0.3, 0.4) is 0 Å². The quantitative estimate of drug-likeness (QED) is 0.105. The lowest BCUT2D eigenvalue weighted by Crippen LogP contribution is -1.98. The molecule has 564 valence electrons. The van der Waals surface area contributed by atoms with E-state index in [9.17, 15) is 0 Å². The maximum Gasteiger partial charge on any atom is 0.0440 e. The third-order valence-electron chi connectivity index (χ3n) is 31.9. The Kier molecular flexibility index (Phi) is 10.2. The molecule has 6 heterocycles. The predicted molar refractivity (Wildman–Crippen MR) is 565 cm³/mol. The first-order chi connectivity index (χ1) is 62.5. The van der Waals surface area contributed by atoms with Crippen LogP contribution in [0.5, 0.6) is 0 Å². The zero-order valence-corrected chi connectivity index (χ0v) is 71.1. The van der Waals surface area contributed by atoms with E-state index in [0.29, 0.717) is 0 Å². The smallest absolute Gasteiger partial charge is 0.0440 e. The molecule has 0 nitrogen and oxygen atoms in total. The van der Waals surface area contributed by atoms with E-state index in [4.69, 9.17) is 0 Å². The Bertz CT molecular complexity index is 10200. The van der Waals surface area contributed by atoms with Crippen LogP contribution in [0, 0.1) is 0 Å². The number of hydrogen-bond donors (Lipinski definition) is 0. The van der Waals surface area contributed by atoms with Gasteiger partial charge in [0.15, 0.2) is 0 Å². The summed E-state index contributed by atoms with van der Waals surface area (Å²) in [4.78, 5) is 0. The Balaban J connectivity index is 0.000000110. The SMILES string of the molecule is c1ccc2cc3c(cc2c1)cc1c2csc4c5c6cc7ccccc7cc6cc6c7csc8c9c%10cc%11ccccc%11cc%10cc%10c%11csc%12c3c1c1c(c24)c(c65)c(c78)c(c%109)c1c%11%12.c1ccc2cc3c(cc2c1)cc1c2scc4c5c6cc7ccccc7cc6cc6c7scc8c9c%10cc%11ccccc%11cc%10cc%10c%11scc%12c3c1c1c(c42)c(c65)c(c87)c(c%109)c1c%12%11. The molecule has 38 rings (SSSR count). The van der Waals surface area contributed by atoms with Crippen LogP contribution in [0.4, 0.5) is 0 Å². The summed E-state index contributed by atoms with van der Waals surface area (Å²) in [7, 11) is 0. The average molecular weight is 1680 g/mol. The van der Waals surface area contributed by atoms with E-state index in [2.05, 4.69) is 287 Å². The zero-order chi connectivity index (χ0) is 79.8. The van der Waals surface area contributed by atoms with Gasteiger partial charge in [-0.1, -0.05) is 146 Å². The highest BCUT2D eigenvalue weighted by Crippen LogP contribution is 2.68. The Hall–Kier alpha value is -14.3. The standard InChI is InChI=1S/2C60H24S3/c1-4-10-28-16-34-31(13-25(28)7-1)19-37-46-43(34)40-22-62-59-38-20-32-14-26-8-3-6-12-30(26)18-36(32)45-42-24-63-60-39-21-33-15-27-9-2-5-11-29(27)17-35(33)44-41-23-61-58(37)50(41)56-52(46)55(49(40)59)53(47(38)45)57(51(42)60)54(56)48(39)44;1-4-10-28-16-34-31(13-25(28)7-1)19-37-40-22-62-59-47-35-17-29-11-5-2-9-27(29)15-33(35)21-39-42-24-63-60-48-36-18-30-12-6-3-8-26(30)14-32(36)20-38-41-23-61-58-46(34)43(37)52-55(49(40)59)53(45(39)47)57(51(42)60)54(44(38)48)56(52)50(41)58/h2*1-24H. The van der Waals surface area contributed by atoms with Gasteiger partial charge in [-0.15, -0.1) is 68.0 Å². The summed E-state index contributed by atoms with van der Waals surface area (Å²) in [5.41, 5.74) is 0. The number of benzene rings is 32. The molecule has 0 aliphatic rings. The molecule has 0 N–H and O–H groups in total. The third-order valence-corrected chi connectivity index (χ3v) is 37.9. The molecule has 6 heteroatoms. The summed E-state index contributed by atoms with van der Waals surface area (Å²) in [5, 5.41) is 108. The zero-order valence-electron chi connectivity index (χ0n) is 66.2. The maximum absolute atomic E-state index is 2.57. The predicted octanol–water partition coefficient (Wildman–Crippen LogP) is 38.5. The van der Waals surface area contributed by atoms with Crippen LogP contribution in [0.25, 0.3) is 384 Å². The molecule has 0 aliphatic heterocycles. The van der Waals surface area contributed by atoms with E-state index in [1.54, 1.807) is 0 Å². The molecule has 0 amide bonds. The van der Waals surface area contributed by atoms with Gasteiger partial charge in [-0.25, -0.2) is 0 Å². The second-order valence-corrected chi connectivity index (χ2v) is 42.5. The van der Waals surface area contributed by atoms with Gasteiger partial charge in [-0.3, -0.25) is 0 Å². The highest BCUT2D eigenvalue weighted by Gasteiger charge is 2.38. The van der Waals surface area contributed by atoms with Crippen LogP contribution in [0.1, 0.15) is 0 Å². The van der Waals surface area contributed by atoms with Crippen molar-refractivity contribution in [1.82, 2.24) is 0 Å². The molecule has 126 heavy (non-hydrogen) atoms. The van der Waals surface area contributed by atoms with Crippen LogP contribution in [0.2, 0.25) is 0 Å². The number of fused-ring (bicyclic) bond motifs is 30. The van der Waals surface area contributed by atoms with Crippen molar-refractivity contribution in [3.8, 4) is 0 Å². The highest BCUT2D eigenvalue weighted by molar-refractivity contribution is 7.23. The minimum atomic E-state index is 1.30. The summed E-state index contributed by atoms with van der Waals surface area (Å²) in [6, 6.07) is 98.8. The summed E-state index contributed by atoms with van der Waals surface area (Å²) in [5.74, 6) is 0. The van der Waals surface area contributed by atoms with Crippen molar-refractivity contribution in [3.05, 3.63) is 287 Å². The van der Waals surface area contributed by atoms with Crippen LogP contribution in [-0.2, 0) is 0 Å². The van der Waals surface area contributed by atoms with Crippen LogP contribution in [0.15, 0.2) is 287 Å². The molecular formula is C120H48S6. The minimum absolute atomic E-state index is 1.30. The van der Waals surface area contributed by atoms with Crippen LogP contribution >= 0.6 is 68.0 Å².